The van der Waals surface area contributed by atoms with Crippen LogP contribution in [0.15, 0.2) is 35.0 Å². The number of benzene rings is 1. The van der Waals surface area contributed by atoms with E-state index in [0.717, 1.165) is 24.5 Å². The molecule has 1 aromatic heterocycles. The SMILES string of the molecule is O=C(c1cccc(F)c1F)N(Cc1ccsc1)C1CC1. The van der Waals surface area contributed by atoms with Crippen molar-refractivity contribution < 1.29 is 13.6 Å². The Morgan fingerprint density at radius 1 is 1.30 bits per heavy atom. The zero-order valence-corrected chi connectivity index (χ0v) is 11.5. The van der Waals surface area contributed by atoms with Gasteiger partial charge in [-0.1, -0.05) is 6.07 Å². The number of rotatable bonds is 4. The maximum absolute atomic E-state index is 13.8. The van der Waals surface area contributed by atoms with E-state index < -0.39 is 17.5 Å². The van der Waals surface area contributed by atoms with Crippen molar-refractivity contribution in [3.05, 3.63) is 57.8 Å². The fourth-order valence-corrected chi connectivity index (χ4v) is 2.82. The van der Waals surface area contributed by atoms with E-state index in [1.807, 2.05) is 16.8 Å². The summed E-state index contributed by atoms with van der Waals surface area (Å²) in [7, 11) is 0. The van der Waals surface area contributed by atoms with Crippen LogP contribution in [0.25, 0.3) is 0 Å². The van der Waals surface area contributed by atoms with Crippen LogP contribution in [0.1, 0.15) is 28.8 Å². The Kier molecular flexibility index (Phi) is 3.53. The molecular weight excluding hydrogens is 280 g/mol. The molecule has 0 unspecified atom stereocenters. The van der Waals surface area contributed by atoms with Crippen molar-refractivity contribution in [2.24, 2.45) is 0 Å². The standard InChI is InChI=1S/C15H13F2NOS/c16-13-3-1-2-12(14(13)17)15(19)18(11-4-5-11)8-10-6-7-20-9-10/h1-3,6-7,9,11H,4-5,8H2. The van der Waals surface area contributed by atoms with Crippen molar-refractivity contribution in [3.8, 4) is 0 Å². The number of hydrogen-bond donors (Lipinski definition) is 0. The minimum Gasteiger partial charge on any atom is -0.331 e. The van der Waals surface area contributed by atoms with Gasteiger partial charge in [-0.25, -0.2) is 8.78 Å². The first-order chi connectivity index (χ1) is 9.66. The van der Waals surface area contributed by atoms with Gasteiger partial charge < -0.3 is 4.90 Å². The van der Waals surface area contributed by atoms with Gasteiger partial charge in [0.15, 0.2) is 11.6 Å². The summed E-state index contributed by atoms with van der Waals surface area (Å²) in [5.41, 5.74) is 0.833. The summed E-state index contributed by atoms with van der Waals surface area (Å²) in [6.07, 6.45) is 1.85. The molecule has 2 aromatic rings. The third-order valence-electron chi connectivity index (χ3n) is 3.36. The van der Waals surface area contributed by atoms with Crippen LogP contribution in [-0.4, -0.2) is 16.8 Å². The zero-order valence-electron chi connectivity index (χ0n) is 10.7. The fourth-order valence-electron chi connectivity index (χ4n) is 2.16. The molecule has 2 nitrogen and oxygen atoms in total. The molecule has 20 heavy (non-hydrogen) atoms. The lowest BCUT2D eigenvalue weighted by atomic mass is 10.1. The lowest BCUT2D eigenvalue weighted by Crippen LogP contribution is -2.33. The molecule has 1 saturated carbocycles. The Labute approximate surface area is 119 Å². The Morgan fingerprint density at radius 2 is 2.10 bits per heavy atom. The van der Waals surface area contributed by atoms with Crippen LogP contribution >= 0.6 is 11.3 Å². The number of nitrogens with zero attached hydrogens (tertiary/aromatic N) is 1. The highest BCUT2D eigenvalue weighted by Crippen LogP contribution is 2.30. The molecule has 0 atom stereocenters. The Balaban J connectivity index is 1.87. The lowest BCUT2D eigenvalue weighted by Gasteiger charge is -2.22. The van der Waals surface area contributed by atoms with Crippen molar-refractivity contribution in [1.82, 2.24) is 4.90 Å². The highest BCUT2D eigenvalue weighted by atomic mass is 32.1. The van der Waals surface area contributed by atoms with E-state index in [1.54, 1.807) is 16.2 Å². The van der Waals surface area contributed by atoms with E-state index in [2.05, 4.69) is 0 Å². The van der Waals surface area contributed by atoms with Crippen LogP contribution in [0.4, 0.5) is 8.78 Å². The minimum absolute atomic E-state index is 0.144. The number of carbonyl (C=O) groups is 1. The molecule has 5 heteroatoms. The largest absolute Gasteiger partial charge is 0.331 e. The van der Waals surface area contributed by atoms with E-state index in [4.69, 9.17) is 0 Å². The second kappa shape index (κ2) is 5.32. The second-order valence-corrected chi connectivity index (χ2v) is 5.68. The summed E-state index contributed by atoms with van der Waals surface area (Å²) in [6.45, 7) is 0.447. The van der Waals surface area contributed by atoms with Crippen LogP contribution in [-0.2, 0) is 6.54 Å². The van der Waals surface area contributed by atoms with E-state index in [-0.39, 0.29) is 11.6 Å². The van der Waals surface area contributed by atoms with Gasteiger partial charge in [-0.05, 0) is 47.4 Å². The summed E-state index contributed by atoms with van der Waals surface area (Å²) in [6, 6.07) is 5.80. The quantitative estimate of drug-likeness (QED) is 0.839. The number of halogens is 2. The van der Waals surface area contributed by atoms with E-state index >= 15 is 0 Å². The Bertz CT molecular complexity index is 623. The van der Waals surface area contributed by atoms with Gasteiger partial charge in [0.05, 0.1) is 5.56 Å². The molecule has 1 aliphatic rings. The normalized spacial score (nSPS) is 14.3. The van der Waals surface area contributed by atoms with E-state index in [1.165, 1.54) is 12.1 Å². The third kappa shape index (κ3) is 2.58. The van der Waals surface area contributed by atoms with Gasteiger partial charge >= 0.3 is 0 Å². The number of thiophene rings is 1. The molecule has 1 heterocycles. The average Bonchev–Trinajstić information content (AvgIpc) is 3.15. The van der Waals surface area contributed by atoms with Crippen LogP contribution in [0.5, 0.6) is 0 Å². The van der Waals surface area contributed by atoms with Crippen LogP contribution in [0.2, 0.25) is 0 Å². The molecule has 0 aliphatic heterocycles. The Hall–Kier alpha value is -1.75. The topological polar surface area (TPSA) is 20.3 Å². The highest BCUT2D eigenvalue weighted by Gasteiger charge is 2.34. The summed E-state index contributed by atoms with van der Waals surface area (Å²) >= 11 is 1.55. The molecule has 0 bridgehead atoms. The predicted octanol–water partition coefficient (Wildman–Crippen LogP) is 3.83. The summed E-state index contributed by atoms with van der Waals surface area (Å²) in [4.78, 5) is 14.1. The van der Waals surface area contributed by atoms with Gasteiger partial charge in [-0.2, -0.15) is 11.3 Å². The van der Waals surface area contributed by atoms with Crippen molar-refractivity contribution in [2.75, 3.05) is 0 Å². The molecule has 3 rings (SSSR count). The van der Waals surface area contributed by atoms with Gasteiger partial charge in [0.25, 0.3) is 5.91 Å². The lowest BCUT2D eigenvalue weighted by molar-refractivity contribution is 0.0724. The second-order valence-electron chi connectivity index (χ2n) is 4.90. The molecule has 0 radical (unpaired) electrons. The number of hydrogen-bond acceptors (Lipinski definition) is 2. The fraction of sp³-hybridized carbons (Fsp3) is 0.267. The first-order valence-electron chi connectivity index (χ1n) is 6.43. The third-order valence-corrected chi connectivity index (χ3v) is 4.10. The van der Waals surface area contributed by atoms with Gasteiger partial charge in [0, 0.05) is 12.6 Å². The molecular formula is C15H13F2NOS. The first-order valence-corrected chi connectivity index (χ1v) is 7.37. The smallest absolute Gasteiger partial charge is 0.257 e. The predicted molar refractivity (Wildman–Crippen MR) is 73.6 cm³/mol. The van der Waals surface area contributed by atoms with Crippen LogP contribution in [0, 0.1) is 11.6 Å². The molecule has 1 aromatic carbocycles. The van der Waals surface area contributed by atoms with Crippen molar-refractivity contribution in [1.29, 1.82) is 0 Å². The molecule has 0 saturated heterocycles. The molecule has 1 amide bonds. The molecule has 104 valence electrons. The van der Waals surface area contributed by atoms with E-state index in [0.29, 0.717) is 6.54 Å². The van der Waals surface area contributed by atoms with Crippen molar-refractivity contribution >= 4 is 17.2 Å². The first kappa shape index (κ1) is 13.2. The van der Waals surface area contributed by atoms with Gasteiger partial charge in [-0.3, -0.25) is 4.79 Å². The maximum Gasteiger partial charge on any atom is 0.257 e. The summed E-state index contributed by atoms with van der Waals surface area (Å²) < 4.78 is 27.0. The molecule has 0 spiro atoms. The number of carbonyl (C=O) groups excluding carboxylic acids is 1. The van der Waals surface area contributed by atoms with Gasteiger partial charge in [0.2, 0.25) is 0 Å². The summed E-state index contributed by atoms with van der Waals surface area (Å²) in [5, 5.41) is 3.90. The highest BCUT2D eigenvalue weighted by molar-refractivity contribution is 7.07. The average molecular weight is 293 g/mol. The van der Waals surface area contributed by atoms with Gasteiger partial charge in [-0.15, -0.1) is 0 Å². The van der Waals surface area contributed by atoms with Crippen molar-refractivity contribution in [2.45, 2.75) is 25.4 Å². The number of amides is 1. The van der Waals surface area contributed by atoms with Gasteiger partial charge in [0.1, 0.15) is 0 Å². The molecule has 0 N–H and O–H groups in total. The summed E-state index contributed by atoms with van der Waals surface area (Å²) in [5.74, 6) is -2.48. The van der Waals surface area contributed by atoms with Crippen molar-refractivity contribution in [3.63, 3.8) is 0 Å². The Morgan fingerprint density at radius 3 is 2.75 bits per heavy atom. The van der Waals surface area contributed by atoms with E-state index in [9.17, 15) is 13.6 Å². The zero-order chi connectivity index (χ0) is 14.1. The monoisotopic (exact) mass is 293 g/mol. The molecule has 1 aliphatic carbocycles. The molecule has 1 fully saturated rings. The maximum atomic E-state index is 13.8. The van der Waals surface area contributed by atoms with Crippen LogP contribution in [0.3, 0.4) is 0 Å². The minimum atomic E-state index is -1.06. The van der Waals surface area contributed by atoms with Crippen LogP contribution < -0.4 is 0 Å².